The van der Waals surface area contributed by atoms with E-state index in [2.05, 4.69) is 28.2 Å². The van der Waals surface area contributed by atoms with Crippen molar-refractivity contribution in [3.63, 3.8) is 0 Å². The van der Waals surface area contributed by atoms with Crippen LogP contribution < -0.4 is 10.1 Å². The molecule has 0 aliphatic heterocycles. The molecule has 0 saturated heterocycles. The van der Waals surface area contributed by atoms with Gasteiger partial charge in [-0.1, -0.05) is 42.2 Å². The molecule has 6 nitrogen and oxygen atoms in total. The first kappa shape index (κ1) is 25.3. The van der Waals surface area contributed by atoms with Gasteiger partial charge in [-0.15, -0.1) is 0 Å². The lowest BCUT2D eigenvalue weighted by Crippen LogP contribution is -2.36. The molecule has 0 spiro atoms. The van der Waals surface area contributed by atoms with Crippen LogP contribution in [0.2, 0.25) is 0 Å². The number of aldehydes is 1. The zero-order valence-corrected chi connectivity index (χ0v) is 20.7. The molecule has 0 fully saturated rings. The molecule has 1 amide bonds. The normalized spacial score (nSPS) is 11.3. The summed E-state index contributed by atoms with van der Waals surface area (Å²) in [6.45, 7) is 3.79. The van der Waals surface area contributed by atoms with Gasteiger partial charge in [0, 0.05) is 39.8 Å². The van der Waals surface area contributed by atoms with Gasteiger partial charge < -0.3 is 15.0 Å². The molecule has 184 valence electrons. The first-order valence-corrected chi connectivity index (χ1v) is 12.1. The number of hydrogen-bond donors (Lipinski definition) is 2. The molecule has 0 saturated carbocycles. The molecule has 1 unspecified atom stereocenters. The summed E-state index contributed by atoms with van der Waals surface area (Å²) in [7, 11) is 0. The number of nitrogens with zero attached hydrogens (tertiary/aromatic N) is 1. The zero-order chi connectivity index (χ0) is 26.2. The van der Waals surface area contributed by atoms with E-state index in [9.17, 15) is 14.9 Å². The molecule has 0 aliphatic rings. The molecule has 0 aliphatic carbocycles. The van der Waals surface area contributed by atoms with Crippen molar-refractivity contribution in [3.05, 3.63) is 101 Å². The molecule has 4 rings (SSSR count). The van der Waals surface area contributed by atoms with E-state index in [1.165, 1.54) is 0 Å². The third-order valence-corrected chi connectivity index (χ3v) is 5.80. The molecule has 1 heterocycles. The summed E-state index contributed by atoms with van der Waals surface area (Å²) in [4.78, 5) is 27.5. The second-order valence-corrected chi connectivity index (χ2v) is 8.96. The van der Waals surface area contributed by atoms with Crippen LogP contribution in [-0.4, -0.2) is 29.3 Å². The number of amides is 1. The second kappa shape index (κ2) is 11.7. The summed E-state index contributed by atoms with van der Waals surface area (Å²) >= 11 is 0. The van der Waals surface area contributed by atoms with Crippen molar-refractivity contribution in [2.45, 2.75) is 38.8 Å². The maximum Gasteiger partial charge on any atom is 0.255 e. The Morgan fingerprint density at radius 2 is 1.78 bits per heavy atom. The van der Waals surface area contributed by atoms with Gasteiger partial charge in [0.05, 0.1) is 24.2 Å². The second-order valence-electron chi connectivity index (χ2n) is 8.96. The molecular formula is C31H27N3O3. The van der Waals surface area contributed by atoms with Gasteiger partial charge in [-0.3, -0.25) is 9.59 Å². The number of aromatic amines is 1. The summed E-state index contributed by atoms with van der Waals surface area (Å²) in [6, 6.07) is 22.0. The lowest BCUT2D eigenvalue weighted by molar-refractivity contribution is 0.0931. The number of H-pyrrole nitrogens is 1. The van der Waals surface area contributed by atoms with Gasteiger partial charge in [0.25, 0.3) is 5.91 Å². The van der Waals surface area contributed by atoms with Crippen LogP contribution in [-0.2, 0) is 6.42 Å². The smallest absolute Gasteiger partial charge is 0.255 e. The lowest BCUT2D eigenvalue weighted by Gasteiger charge is -2.18. The Bertz CT molecular complexity index is 1520. The number of nitrogens with one attached hydrogen (secondary N) is 2. The Labute approximate surface area is 216 Å². The summed E-state index contributed by atoms with van der Waals surface area (Å²) in [5, 5.41) is 13.5. The average Bonchev–Trinajstić information content (AvgIpc) is 3.31. The van der Waals surface area contributed by atoms with Crippen molar-refractivity contribution < 1.29 is 14.3 Å². The van der Waals surface area contributed by atoms with Gasteiger partial charge in [-0.2, -0.15) is 5.26 Å². The van der Waals surface area contributed by atoms with Crippen LogP contribution in [0, 0.1) is 23.2 Å². The highest BCUT2D eigenvalue weighted by Gasteiger charge is 2.20. The first-order valence-electron chi connectivity index (χ1n) is 12.1. The van der Waals surface area contributed by atoms with Gasteiger partial charge in [-0.25, -0.2) is 0 Å². The number of hydrogen-bond acceptors (Lipinski definition) is 4. The minimum atomic E-state index is -0.380. The number of carbonyl (C=O) groups excluding carboxylic acids is 2. The molecule has 1 aromatic heterocycles. The SMILES string of the molecule is CC(C)Oc1ccc(C#Cc2ccc(C=O)cc2)cc1C(=O)NC(CC#N)Cc1c[nH]c2ccccc12. The molecule has 4 aromatic rings. The van der Waals surface area contributed by atoms with E-state index in [-0.39, 0.29) is 24.5 Å². The molecule has 37 heavy (non-hydrogen) atoms. The molecule has 1 atom stereocenters. The van der Waals surface area contributed by atoms with Gasteiger partial charge >= 0.3 is 0 Å². The number of para-hydroxylation sites is 1. The quantitative estimate of drug-likeness (QED) is 0.255. The van der Waals surface area contributed by atoms with Gasteiger partial charge in [0.2, 0.25) is 0 Å². The van der Waals surface area contributed by atoms with Crippen LogP contribution in [0.1, 0.15) is 57.7 Å². The topological polar surface area (TPSA) is 95.0 Å². The molecule has 3 aromatic carbocycles. The van der Waals surface area contributed by atoms with Gasteiger partial charge in [-0.05, 0) is 62.2 Å². The van der Waals surface area contributed by atoms with E-state index in [1.807, 2.05) is 44.3 Å². The van der Waals surface area contributed by atoms with E-state index >= 15 is 0 Å². The van der Waals surface area contributed by atoms with E-state index in [0.29, 0.717) is 28.9 Å². The lowest BCUT2D eigenvalue weighted by atomic mass is 10.0. The van der Waals surface area contributed by atoms with E-state index in [4.69, 9.17) is 4.74 Å². The third-order valence-electron chi connectivity index (χ3n) is 5.80. The Morgan fingerprint density at radius 1 is 1.05 bits per heavy atom. The van der Waals surface area contributed by atoms with Crippen molar-refractivity contribution in [2.24, 2.45) is 0 Å². The third kappa shape index (κ3) is 6.45. The van der Waals surface area contributed by atoms with Crippen LogP contribution in [0.3, 0.4) is 0 Å². The highest BCUT2D eigenvalue weighted by Crippen LogP contribution is 2.23. The molecule has 2 N–H and O–H groups in total. The fourth-order valence-electron chi connectivity index (χ4n) is 4.04. The van der Waals surface area contributed by atoms with Crippen molar-refractivity contribution in [1.29, 1.82) is 5.26 Å². The molecule has 0 radical (unpaired) electrons. The first-order chi connectivity index (χ1) is 18.0. The fourth-order valence-corrected chi connectivity index (χ4v) is 4.04. The van der Waals surface area contributed by atoms with Crippen molar-refractivity contribution in [1.82, 2.24) is 10.3 Å². The van der Waals surface area contributed by atoms with Crippen molar-refractivity contribution in [3.8, 4) is 23.7 Å². The average molecular weight is 490 g/mol. The van der Waals surface area contributed by atoms with Crippen LogP contribution in [0.4, 0.5) is 0 Å². The standard InChI is InChI=1S/C31H27N3O3/c1-21(2)37-30-14-13-23(10-7-22-8-11-24(20-35)12-9-22)17-28(30)31(36)34-26(15-16-32)18-25-19-33-29-6-4-3-5-27(25)29/h3-6,8-9,11-14,17,19-21,26,33H,15,18H2,1-2H3,(H,34,36). The van der Waals surface area contributed by atoms with Crippen LogP contribution in [0.25, 0.3) is 10.9 Å². The number of rotatable bonds is 8. The highest BCUT2D eigenvalue weighted by molar-refractivity contribution is 5.97. The Balaban J connectivity index is 1.59. The Hall–Kier alpha value is -4.81. The predicted octanol–water partition coefficient (Wildman–Crippen LogP) is 5.42. The largest absolute Gasteiger partial charge is 0.490 e. The minimum absolute atomic E-state index is 0.124. The number of aromatic nitrogens is 1. The highest BCUT2D eigenvalue weighted by atomic mass is 16.5. The van der Waals surface area contributed by atoms with Crippen LogP contribution >= 0.6 is 0 Å². The monoisotopic (exact) mass is 489 g/mol. The Morgan fingerprint density at radius 3 is 2.51 bits per heavy atom. The predicted molar refractivity (Wildman–Crippen MR) is 144 cm³/mol. The number of carbonyl (C=O) groups is 2. The summed E-state index contributed by atoms with van der Waals surface area (Å²) in [5.41, 5.74) is 4.40. The number of benzene rings is 3. The summed E-state index contributed by atoms with van der Waals surface area (Å²) < 4.78 is 5.90. The molecule has 6 heteroatoms. The van der Waals surface area contributed by atoms with Crippen molar-refractivity contribution >= 4 is 23.1 Å². The van der Waals surface area contributed by atoms with Gasteiger partial charge in [0.15, 0.2) is 0 Å². The van der Waals surface area contributed by atoms with E-state index < -0.39 is 0 Å². The number of ether oxygens (including phenoxy) is 1. The minimum Gasteiger partial charge on any atom is -0.490 e. The molecular weight excluding hydrogens is 462 g/mol. The maximum absolute atomic E-state index is 13.4. The summed E-state index contributed by atoms with van der Waals surface area (Å²) in [5.74, 6) is 6.27. The van der Waals surface area contributed by atoms with Gasteiger partial charge in [0.1, 0.15) is 12.0 Å². The Kier molecular flexibility index (Phi) is 8.03. The number of nitriles is 1. The fraction of sp³-hybridized carbons (Fsp3) is 0.194. The van der Waals surface area contributed by atoms with Crippen molar-refractivity contribution in [2.75, 3.05) is 0 Å². The summed E-state index contributed by atoms with van der Waals surface area (Å²) in [6.07, 6.45) is 3.27. The van der Waals surface area contributed by atoms with Crippen LogP contribution in [0.15, 0.2) is 72.9 Å². The van der Waals surface area contributed by atoms with E-state index in [0.717, 1.165) is 28.3 Å². The number of fused-ring (bicyclic) bond motifs is 1. The maximum atomic E-state index is 13.4. The van der Waals surface area contributed by atoms with E-state index in [1.54, 1.807) is 42.5 Å². The van der Waals surface area contributed by atoms with Crippen LogP contribution in [0.5, 0.6) is 5.75 Å². The zero-order valence-electron chi connectivity index (χ0n) is 20.7. The molecule has 0 bridgehead atoms.